The summed E-state index contributed by atoms with van der Waals surface area (Å²) in [6, 6.07) is 2.95. The van der Waals surface area contributed by atoms with Gasteiger partial charge in [-0.15, -0.1) is 11.3 Å². The minimum atomic E-state index is -0.861. The predicted octanol–water partition coefficient (Wildman–Crippen LogP) is 2.47. The highest BCUT2D eigenvalue weighted by Gasteiger charge is 2.35. The van der Waals surface area contributed by atoms with Gasteiger partial charge in [0, 0.05) is 24.0 Å². The first-order valence-corrected chi connectivity index (χ1v) is 8.14. The van der Waals surface area contributed by atoms with E-state index in [1.54, 1.807) is 0 Å². The number of rotatable bonds is 4. The Balaban J connectivity index is 1.94. The normalized spacial score (nSPS) is 20.6. The lowest BCUT2D eigenvalue weighted by atomic mass is 10.2. The maximum absolute atomic E-state index is 11.8. The number of carbonyl (C=O) groups is 2. The first kappa shape index (κ1) is 16.8. The molecule has 1 aliphatic rings. The van der Waals surface area contributed by atoms with Gasteiger partial charge in [-0.1, -0.05) is 6.07 Å². The fraction of sp³-hybridized carbons (Fsp3) is 0.600. The Labute approximate surface area is 134 Å². The summed E-state index contributed by atoms with van der Waals surface area (Å²) in [5.74, 6) is -0.861. The number of thiophene rings is 1. The van der Waals surface area contributed by atoms with E-state index in [0.717, 1.165) is 4.88 Å². The highest BCUT2D eigenvalue weighted by molar-refractivity contribution is 7.10. The number of carboxylic acids is 1. The largest absolute Gasteiger partial charge is 0.480 e. The molecule has 0 aliphatic carbocycles. The smallest absolute Gasteiger partial charge is 0.407 e. The summed E-state index contributed by atoms with van der Waals surface area (Å²) in [5, 5.41) is 14.2. The molecule has 2 heterocycles. The molecule has 6 nitrogen and oxygen atoms in total. The number of nitrogens with one attached hydrogen (secondary N) is 1. The molecule has 0 bridgehead atoms. The van der Waals surface area contributed by atoms with Crippen LogP contribution in [-0.4, -0.2) is 46.8 Å². The van der Waals surface area contributed by atoms with Crippen LogP contribution in [0.5, 0.6) is 0 Å². The fourth-order valence-electron chi connectivity index (χ4n) is 2.52. The summed E-state index contributed by atoms with van der Waals surface area (Å²) in [5.41, 5.74) is -0.539. The Morgan fingerprint density at radius 1 is 1.50 bits per heavy atom. The highest BCUT2D eigenvalue weighted by atomic mass is 32.1. The zero-order valence-corrected chi connectivity index (χ0v) is 13.9. The lowest BCUT2D eigenvalue weighted by molar-refractivity contribution is -0.143. The molecule has 7 heteroatoms. The van der Waals surface area contributed by atoms with Crippen LogP contribution in [0.2, 0.25) is 0 Å². The number of likely N-dealkylation sites (tertiary alicyclic amines) is 1. The molecule has 2 atom stereocenters. The molecule has 0 spiro atoms. The monoisotopic (exact) mass is 326 g/mol. The average molecular weight is 326 g/mol. The lowest BCUT2D eigenvalue weighted by Gasteiger charge is -2.24. The molecule has 1 fully saturated rings. The quantitative estimate of drug-likeness (QED) is 0.888. The van der Waals surface area contributed by atoms with Gasteiger partial charge in [0.15, 0.2) is 0 Å². The molecule has 0 unspecified atom stereocenters. The Morgan fingerprint density at radius 2 is 2.23 bits per heavy atom. The second-order valence-corrected chi connectivity index (χ2v) is 7.36. The Hall–Kier alpha value is -1.60. The van der Waals surface area contributed by atoms with Gasteiger partial charge in [-0.3, -0.25) is 9.69 Å². The van der Waals surface area contributed by atoms with E-state index in [2.05, 4.69) is 5.32 Å². The second kappa shape index (κ2) is 6.66. The van der Waals surface area contributed by atoms with Crippen LogP contribution in [0.1, 0.15) is 38.1 Å². The summed E-state index contributed by atoms with van der Waals surface area (Å²) in [4.78, 5) is 26.0. The number of nitrogens with zero attached hydrogens (tertiary/aromatic N) is 1. The topological polar surface area (TPSA) is 78.9 Å². The van der Waals surface area contributed by atoms with Crippen LogP contribution in [0.25, 0.3) is 0 Å². The van der Waals surface area contributed by atoms with Gasteiger partial charge in [-0.25, -0.2) is 4.79 Å². The van der Waals surface area contributed by atoms with Crippen LogP contribution >= 0.6 is 11.3 Å². The van der Waals surface area contributed by atoms with E-state index in [1.807, 2.05) is 43.2 Å². The van der Waals surface area contributed by atoms with Crippen molar-refractivity contribution in [1.29, 1.82) is 0 Å². The minimum Gasteiger partial charge on any atom is -0.480 e. The molecular formula is C15H22N2O4S. The van der Waals surface area contributed by atoms with E-state index < -0.39 is 23.7 Å². The van der Waals surface area contributed by atoms with Crippen LogP contribution < -0.4 is 5.32 Å². The molecule has 0 radical (unpaired) electrons. The van der Waals surface area contributed by atoms with Crippen molar-refractivity contribution in [2.24, 2.45) is 0 Å². The molecule has 1 aliphatic heterocycles. The zero-order valence-electron chi connectivity index (χ0n) is 13.0. The van der Waals surface area contributed by atoms with E-state index in [0.29, 0.717) is 19.5 Å². The van der Waals surface area contributed by atoms with Crippen LogP contribution in [-0.2, 0) is 9.53 Å². The lowest BCUT2D eigenvalue weighted by Crippen LogP contribution is -2.41. The Kier molecular flexibility index (Phi) is 5.08. The van der Waals surface area contributed by atoms with Gasteiger partial charge in [0.25, 0.3) is 0 Å². The van der Waals surface area contributed by atoms with Crippen LogP contribution in [0.3, 0.4) is 0 Å². The van der Waals surface area contributed by atoms with Crippen molar-refractivity contribution >= 4 is 23.4 Å². The van der Waals surface area contributed by atoms with Crippen molar-refractivity contribution in [3.05, 3.63) is 22.4 Å². The molecule has 0 aromatic carbocycles. The first-order chi connectivity index (χ1) is 10.3. The summed E-state index contributed by atoms with van der Waals surface area (Å²) < 4.78 is 5.23. The van der Waals surface area contributed by atoms with Crippen molar-refractivity contribution in [1.82, 2.24) is 10.2 Å². The number of amides is 1. The van der Waals surface area contributed by atoms with Gasteiger partial charge >= 0.3 is 12.1 Å². The molecule has 1 aromatic heterocycles. The number of hydrogen-bond acceptors (Lipinski definition) is 5. The summed E-state index contributed by atoms with van der Waals surface area (Å²) >= 11 is 1.43. The number of aliphatic carboxylic acids is 1. The van der Waals surface area contributed by atoms with Crippen LogP contribution in [0.4, 0.5) is 4.79 Å². The average Bonchev–Trinajstić information content (AvgIpc) is 2.99. The number of alkyl carbamates (subject to hydrolysis) is 1. The van der Waals surface area contributed by atoms with Crippen molar-refractivity contribution in [3.8, 4) is 0 Å². The van der Waals surface area contributed by atoms with Gasteiger partial charge in [0.05, 0.1) is 0 Å². The third kappa shape index (κ3) is 4.45. The fourth-order valence-corrected chi connectivity index (χ4v) is 3.37. The zero-order chi connectivity index (χ0) is 16.3. The third-order valence-corrected chi connectivity index (χ3v) is 4.28. The van der Waals surface area contributed by atoms with Gasteiger partial charge in [-0.05, 0) is 38.6 Å². The molecule has 2 N–H and O–H groups in total. The van der Waals surface area contributed by atoms with Gasteiger partial charge in [0.1, 0.15) is 11.6 Å². The second-order valence-electron chi connectivity index (χ2n) is 6.38. The molecule has 1 aromatic rings. The standard InChI is InChI=1S/C15H22N2O4S/c1-15(2,3)21-14(20)16-10-6-7-17(9-10)12(13(18)19)11-5-4-8-22-11/h4-5,8,10,12H,6-7,9H2,1-3H3,(H,16,20)(H,18,19)/t10-,12-/m1/s1. The van der Waals surface area contributed by atoms with E-state index in [1.165, 1.54) is 11.3 Å². The van der Waals surface area contributed by atoms with Crippen molar-refractivity contribution in [2.75, 3.05) is 13.1 Å². The maximum Gasteiger partial charge on any atom is 0.407 e. The number of ether oxygens (including phenoxy) is 1. The van der Waals surface area contributed by atoms with Crippen LogP contribution in [0, 0.1) is 0 Å². The van der Waals surface area contributed by atoms with Crippen molar-refractivity contribution in [2.45, 2.75) is 44.9 Å². The molecule has 0 saturated carbocycles. The highest BCUT2D eigenvalue weighted by Crippen LogP contribution is 2.28. The summed E-state index contributed by atoms with van der Waals surface area (Å²) in [6.07, 6.45) is 0.261. The van der Waals surface area contributed by atoms with E-state index in [4.69, 9.17) is 4.74 Å². The van der Waals surface area contributed by atoms with Gasteiger partial charge in [-0.2, -0.15) is 0 Å². The Bertz CT molecular complexity index is 524. The molecular weight excluding hydrogens is 304 g/mol. The Morgan fingerprint density at radius 3 is 2.77 bits per heavy atom. The third-order valence-electron chi connectivity index (χ3n) is 3.35. The molecule has 1 amide bonds. The first-order valence-electron chi connectivity index (χ1n) is 7.26. The SMILES string of the molecule is CC(C)(C)OC(=O)N[C@@H]1CCN([C@@H](C(=O)O)c2cccs2)C1. The number of hydrogen-bond donors (Lipinski definition) is 2. The molecule has 22 heavy (non-hydrogen) atoms. The van der Waals surface area contributed by atoms with E-state index in [-0.39, 0.29) is 6.04 Å². The van der Waals surface area contributed by atoms with Gasteiger partial charge < -0.3 is 15.2 Å². The minimum absolute atomic E-state index is 0.0864. The molecule has 122 valence electrons. The predicted molar refractivity (Wildman–Crippen MR) is 84.0 cm³/mol. The summed E-state index contributed by atoms with van der Waals surface area (Å²) in [6.45, 7) is 6.57. The molecule has 2 rings (SSSR count). The maximum atomic E-state index is 11.8. The van der Waals surface area contributed by atoms with E-state index in [9.17, 15) is 14.7 Å². The number of carboxylic acid groups (broad SMARTS) is 1. The summed E-state index contributed by atoms with van der Waals surface area (Å²) in [7, 11) is 0. The van der Waals surface area contributed by atoms with Crippen LogP contribution in [0.15, 0.2) is 17.5 Å². The van der Waals surface area contributed by atoms with Crippen molar-refractivity contribution in [3.63, 3.8) is 0 Å². The van der Waals surface area contributed by atoms with Crippen molar-refractivity contribution < 1.29 is 19.4 Å². The van der Waals surface area contributed by atoms with E-state index >= 15 is 0 Å². The molecule has 1 saturated heterocycles. The van der Waals surface area contributed by atoms with Gasteiger partial charge in [0.2, 0.25) is 0 Å². The number of carbonyl (C=O) groups excluding carboxylic acids is 1.